The van der Waals surface area contributed by atoms with Gasteiger partial charge in [-0.15, -0.1) is 0 Å². The molecule has 27 heavy (non-hydrogen) atoms. The molecule has 0 radical (unpaired) electrons. The van der Waals surface area contributed by atoms with Crippen molar-refractivity contribution in [1.29, 1.82) is 0 Å². The lowest BCUT2D eigenvalue weighted by molar-refractivity contribution is 0.548. The largest absolute Gasteiger partial charge is 0.268 e. The molecule has 0 aliphatic rings. The van der Waals surface area contributed by atoms with E-state index in [0.717, 1.165) is 11.6 Å². The second kappa shape index (κ2) is 7.81. The van der Waals surface area contributed by atoms with Crippen LogP contribution in [0.5, 0.6) is 0 Å². The zero-order valence-corrected chi connectivity index (χ0v) is 15.4. The monoisotopic (exact) mass is 387 g/mol. The maximum atomic E-state index is 13.3. The number of benzene rings is 2. The Morgan fingerprint density at radius 1 is 1.07 bits per heavy atom. The average Bonchev–Trinajstić information content (AvgIpc) is 2.66. The lowest BCUT2D eigenvalue weighted by Gasteiger charge is -2.10. The Balaban J connectivity index is 1.73. The average molecular weight is 387 g/mol. The van der Waals surface area contributed by atoms with Crippen LogP contribution in [0.15, 0.2) is 70.4 Å². The molecule has 0 saturated carbocycles. The SMILES string of the molecule is Cc1cc(S(=O)(=O)NCCn2nc(-c3ccccc3)ccc2=O)ccc1F. The van der Waals surface area contributed by atoms with Gasteiger partial charge < -0.3 is 0 Å². The fourth-order valence-corrected chi connectivity index (χ4v) is 3.63. The van der Waals surface area contributed by atoms with Gasteiger partial charge in [0.2, 0.25) is 10.0 Å². The summed E-state index contributed by atoms with van der Waals surface area (Å²) in [6.07, 6.45) is 0. The third-order valence-corrected chi connectivity index (χ3v) is 5.45. The van der Waals surface area contributed by atoms with E-state index in [1.807, 2.05) is 30.3 Å². The van der Waals surface area contributed by atoms with E-state index in [9.17, 15) is 17.6 Å². The molecule has 1 N–H and O–H groups in total. The van der Waals surface area contributed by atoms with Crippen molar-refractivity contribution < 1.29 is 12.8 Å². The van der Waals surface area contributed by atoms with Crippen LogP contribution in [-0.2, 0) is 16.6 Å². The summed E-state index contributed by atoms with van der Waals surface area (Å²) < 4.78 is 41.6. The van der Waals surface area contributed by atoms with Crippen molar-refractivity contribution in [2.75, 3.05) is 6.54 Å². The van der Waals surface area contributed by atoms with Crippen molar-refractivity contribution in [1.82, 2.24) is 14.5 Å². The van der Waals surface area contributed by atoms with Gasteiger partial charge in [0.25, 0.3) is 5.56 Å². The van der Waals surface area contributed by atoms with Gasteiger partial charge in [-0.25, -0.2) is 22.2 Å². The molecule has 8 heteroatoms. The summed E-state index contributed by atoms with van der Waals surface area (Å²) in [5, 5.41) is 4.28. The first kappa shape index (κ1) is 18.9. The second-order valence-corrected chi connectivity index (χ2v) is 7.72. The van der Waals surface area contributed by atoms with Crippen LogP contribution in [0.25, 0.3) is 11.3 Å². The van der Waals surface area contributed by atoms with Crippen LogP contribution in [0, 0.1) is 12.7 Å². The van der Waals surface area contributed by atoms with E-state index in [0.29, 0.717) is 5.69 Å². The van der Waals surface area contributed by atoms with Crippen LogP contribution in [0.2, 0.25) is 0 Å². The molecule has 6 nitrogen and oxygen atoms in total. The number of halogens is 1. The number of nitrogens with one attached hydrogen (secondary N) is 1. The van der Waals surface area contributed by atoms with E-state index < -0.39 is 15.8 Å². The number of hydrogen-bond donors (Lipinski definition) is 1. The van der Waals surface area contributed by atoms with E-state index in [1.165, 1.54) is 29.8 Å². The van der Waals surface area contributed by atoms with Gasteiger partial charge in [0, 0.05) is 18.2 Å². The Kier molecular flexibility index (Phi) is 5.48. The number of rotatable bonds is 6. The van der Waals surface area contributed by atoms with E-state index in [1.54, 1.807) is 6.07 Å². The maximum absolute atomic E-state index is 13.3. The van der Waals surface area contributed by atoms with E-state index in [2.05, 4.69) is 9.82 Å². The lowest BCUT2D eigenvalue weighted by Crippen LogP contribution is -2.32. The first-order valence-corrected chi connectivity index (χ1v) is 9.74. The van der Waals surface area contributed by atoms with Crippen molar-refractivity contribution in [2.24, 2.45) is 0 Å². The minimum Gasteiger partial charge on any atom is -0.268 e. The summed E-state index contributed by atoms with van der Waals surface area (Å²) in [5.41, 5.74) is 1.39. The molecule has 3 rings (SSSR count). The van der Waals surface area contributed by atoms with E-state index >= 15 is 0 Å². The van der Waals surface area contributed by atoms with Gasteiger partial charge in [0.1, 0.15) is 5.82 Å². The summed E-state index contributed by atoms with van der Waals surface area (Å²) in [5.74, 6) is -0.470. The zero-order chi connectivity index (χ0) is 19.4. The lowest BCUT2D eigenvalue weighted by atomic mass is 10.1. The molecule has 0 aliphatic heterocycles. The highest BCUT2D eigenvalue weighted by Gasteiger charge is 2.15. The summed E-state index contributed by atoms with van der Waals surface area (Å²) >= 11 is 0. The highest BCUT2D eigenvalue weighted by atomic mass is 32.2. The first-order valence-electron chi connectivity index (χ1n) is 8.26. The smallest absolute Gasteiger partial charge is 0.266 e. The molecule has 0 aliphatic carbocycles. The summed E-state index contributed by atoms with van der Waals surface area (Å²) in [4.78, 5) is 12.0. The standard InChI is InChI=1S/C19H18FN3O3S/c1-14-13-16(7-8-17(14)20)27(25,26)21-11-12-23-19(24)10-9-18(22-23)15-5-3-2-4-6-15/h2-10,13,21H,11-12H2,1H3. The molecule has 0 bridgehead atoms. The molecule has 3 aromatic rings. The Morgan fingerprint density at radius 3 is 2.52 bits per heavy atom. The van der Waals surface area contributed by atoms with E-state index in [-0.39, 0.29) is 29.1 Å². The quantitative estimate of drug-likeness (QED) is 0.704. The summed E-state index contributed by atoms with van der Waals surface area (Å²) in [6, 6.07) is 15.9. The van der Waals surface area contributed by atoms with Gasteiger partial charge in [-0.2, -0.15) is 5.10 Å². The highest BCUT2D eigenvalue weighted by Crippen LogP contribution is 2.15. The number of sulfonamides is 1. The van der Waals surface area contributed by atoms with Crippen LogP contribution >= 0.6 is 0 Å². The molecule has 0 atom stereocenters. The summed E-state index contributed by atoms with van der Waals surface area (Å²) in [7, 11) is -3.80. The molecule has 0 amide bonds. The predicted octanol–water partition coefficient (Wildman–Crippen LogP) is 2.34. The molecule has 140 valence electrons. The third kappa shape index (κ3) is 4.47. The maximum Gasteiger partial charge on any atom is 0.266 e. The Hall–Kier alpha value is -2.84. The second-order valence-electron chi connectivity index (χ2n) is 5.95. The number of nitrogens with zero attached hydrogens (tertiary/aromatic N) is 2. The van der Waals surface area contributed by atoms with Gasteiger partial charge in [-0.3, -0.25) is 4.79 Å². The van der Waals surface area contributed by atoms with Gasteiger partial charge in [0.05, 0.1) is 17.1 Å². The minimum atomic E-state index is -3.80. The number of hydrogen-bond acceptors (Lipinski definition) is 4. The first-order chi connectivity index (χ1) is 12.9. The molecule has 1 aromatic heterocycles. The summed E-state index contributed by atoms with van der Waals surface area (Å²) in [6.45, 7) is 1.54. The topological polar surface area (TPSA) is 81.1 Å². The molecule has 0 unspecified atom stereocenters. The Bertz CT molecular complexity index is 1110. The van der Waals surface area contributed by atoms with Crippen LogP contribution < -0.4 is 10.3 Å². The molecular formula is C19H18FN3O3S. The van der Waals surface area contributed by atoms with Crippen LogP contribution in [0.1, 0.15) is 5.56 Å². The normalized spacial score (nSPS) is 11.5. The van der Waals surface area contributed by atoms with Gasteiger partial charge in [-0.1, -0.05) is 30.3 Å². The Morgan fingerprint density at radius 2 is 1.81 bits per heavy atom. The van der Waals surface area contributed by atoms with Crippen molar-refractivity contribution >= 4 is 10.0 Å². The van der Waals surface area contributed by atoms with Gasteiger partial charge in [-0.05, 0) is 36.8 Å². The van der Waals surface area contributed by atoms with Crippen molar-refractivity contribution in [3.63, 3.8) is 0 Å². The van der Waals surface area contributed by atoms with E-state index in [4.69, 9.17) is 0 Å². The molecular weight excluding hydrogens is 369 g/mol. The molecule has 1 heterocycles. The fraction of sp³-hybridized carbons (Fsp3) is 0.158. The third-order valence-electron chi connectivity index (χ3n) is 3.99. The van der Waals surface area contributed by atoms with Crippen molar-refractivity contribution in [2.45, 2.75) is 18.4 Å². The van der Waals surface area contributed by atoms with Crippen LogP contribution in [0.4, 0.5) is 4.39 Å². The fourth-order valence-electron chi connectivity index (χ4n) is 2.53. The molecule has 0 spiro atoms. The Labute approximate surface area is 156 Å². The minimum absolute atomic E-state index is 0.0239. The van der Waals surface area contributed by atoms with Crippen molar-refractivity contribution in [3.05, 3.63) is 82.4 Å². The van der Waals surface area contributed by atoms with Crippen LogP contribution in [0.3, 0.4) is 0 Å². The molecule has 0 fully saturated rings. The van der Waals surface area contributed by atoms with Crippen molar-refractivity contribution in [3.8, 4) is 11.3 Å². The zero-order valence-electron chi connectivity index (χ0n) is 14.6. The predicted molar refractivity (Wildman–Crippen MR) is 100 cm³/mol. The number of aryl methyl sites for hydroxylation is 1. The molecule has 2 aromatic carbocycles. The van der Waals surface area contributed by atoms with Gasteiger partial charge in [0.15, 0.2) is 0 Å². The van der Waals surface area contributed by atoms with Gasteiger partial charge >= 0.3 is 0 Å². The van der Waals surface area contributed by atoms with Crippen LogP contribution in [-0.4, -0.2) is 24.7 Å². The number of aromatic nitrogens is 2. The molecule has 0 saturated heterocycles. The highest BCUT2D eigenvalue weighted by molar-refractivity contribution is 7.89.